The van der Waals surface area contributed by atoms with Gasteiger partial charge < -0.3 is 4.90 Å². The van der Waals surface area contributed by atoms with Crippen LogP contribution in [0.15, 0.2) is 54.6 Å². The summed E-state index contributed by atoms with van der Waals surface area (Å²) in [5, 5.41) is 0. The van der Waals surface area contributed by atoms with E-state index >= 15 is 0 Å². The summed E-state index contributed by atoms with van der Waals surface area (Å²) in [7, 11) is 0. The lowest BCUT2D eigenvalue weighted by molar-refractivity contribution is -0.137. The van der Waals surface area contributed by atoms with Crippen LogP contribution in [0.4, 0.5) is 13.2 Å². The molecule has 2 aromatic rings. The first kappa shape index (κ1) is 20.0. The first-order valence-electron chi connectivity index (χ1n) is 10.2. The molecule has 2 saturated heterocycles. The van der Waals surface area contributed by atoms with Crippen molar-refractivity contribution in [2.75, 3.05) is 19.6 Å². The fourth-order valence-corrected chi connectivity index (χ4v) is 4.72. The molecule has 4 rings (SSSR count). The zero-order chi connectivity index (χ0) is 20.4. The van der Waals surface area contributed by atoms with Gasteiger partial charge in [0.15, 0.2) is 0 Å². The van der Waals surface area contributed by atoms with Crippen LogP contribution in [0, 0.1) is 5.92 Å². The average molecular weight is 402 g/mol. The van der Waals surface area contributed by atoms with Crippen LogP contribution < -0.4 is 0 Å². The minimum atomic E-state index is -4.44. The molecule has 2 aromatic carbocycles. The van der Waals surface area contributed by atoms with Crippen LogP contribution in [0.3, 0.4) is 0 Å². The highest BCUT2D eigenvalue weighted by Crippen LogP contribution is 2.33. The summed E-state index contributed by atoms with van der Waals surface area (Å²) in [6.07, 6.45) is -1.44. The van der Waals surface area contributed by atoms with E-state index in [1.165, 1.54) is 17.7 Å². The number of halogens is 3. The maximum atomic E-state index is 13.0. The molecule has 154 valence electrons. The van der Waals surface area contributed by atoms with Crippen molar-refractivity contribution in [2.45, 2.75) is 38.0 Å². The first-order chi connectivity index (χ1) is 13.9. The zero-order valence-electron chi connectivity index (χ0n) is 16.2. The number of carbonyl (C=O) groups excluding carboxylic acids is 1. The quantitative estimate of drug-likeness (QED) is 0.734. The van der Waals surface area contributed by atoms with E-state index in [-0.39, 0.29) is 11.5 Å². The molecule has 2 fully saturated rings. The Bertz CT molecular complexity index is 853. The van der Waals surface area contributed by atoms with Gasteiger partial charge in [0.25, 0.3) is 5.91 Å². The second-order valence-corrected chi connectivity index (χ2v) is 8.04. The molecule has 0 aromatic heterocycles. The SMILES string of the molecule is O=C(c1cccc(C(F)(F)F)c1)N1CC[C@H]2[C@H](CCCN2Cc2ccccc2)C1. The lowest BCUT2D eigenvalue weighted by atomic mass is 9.83. The van der Waals surface area contributed by atoms with Gasteiger partial charge in [-0.05, 0) is 55.5 Å². The number of hydrogen-bond acceptors (Lipinski definition) is 2. The van der Waals surface area contributed by atoms with Crippen molar-refractivity contribution >= 4 is 5.91 Å². The van der Waals surface area contributed by atoms with Gasteiger partial charge in [0, 0.05) is 31.2 Å². The van der Waals surface area contributed by atoms with Gasteiger partial charge in [-0.15, -0.1) is 0 Å². The van der Waals surface area contributed by atoms with E-state index in [1.807, 2.05) is 18.2 Å². The van der Waals surface area contributed by atoms with Crippen molar-refractivity contribution in [2.24, 2.45) is 5.92 Å². The molecule has 3 nitrogen and oxygen atoms in total. The third-order valence-electron chi connectivity index (χ3n) is 6.14. The number of alkyl halides is 3. The molecule has 0 unspecified atom stereocenters. The number of carbonyl (C=O) groups is 1. The Morgan fingerprint density at radius 2 is 1.79 bits per heavy atom. The van der Waals surface area contributed by atoms with E-state index in [9.17, 15) is 18.0 Å². The summed E-state index contributed by atoms with van der Waals surface area (Å²) in [5.41, 5.74) is 0.635. The summed E-state index contributed by atoms with van der Waals surface area (Å²) in [5.74, 6) is 0.0747. The minimum absolute atomic E-state index is 0.121. The van der Waals surface area contributed by atoms with Crippen molar-refractivity contribution in [3.63, 3.8) is 0 Å². The van der Waals surface area contributed by atoms with Gasteiger partial charge in [-0.1, -0.05) is 36.4 Å². The number of amides is 1. The Morgan fingerprint density at radius 1 is 1.00 bits per heavy atom. The third-order valence-corrected chi connectivity index (χ3v) is 6.14. The molecule has 6 heteroatoms. The Hall–Kier alpha value is -2.34. The van der Waals surface area contributed by atoms with Crippen molar-refractivity contribution in [3.05, 3.63) is 71.3 Å². The first-order valence-corrected chi connectivity index (χ1v) is 10.2. The normalized spacial score (nSPS) is 22.9. The highest BCUT2D eigenvalue weighted by Gasteiger charge is 2.38. The summed E-state index contributed by atoms with van der Waals surface area (Å²) in [4.78, 5) is 17.1. The lowest BCUT2D eigenvalue weighted by Crippen LogP contribution is -2.54. The number of piperidine rings is 2. The van der Waals surface area contributed by atoms with Gasteiger partial charge in [0.2, 0.25) is 0 Å². The Balaban J connectivity index is 1.44. The molecule has 2 heterocycles. The standard InChI is InChI=1S/C23H25F3N2O/c24-23(25,26)20-10-4-8-18(14-20)22(29)28-13-11-21-19(16-28)9-5-12-27(21)15-17-6-2-1-3-7-17/h1-4,6-8,10,14,19,21H,5,9,11-13,15-16H2/t19-,21+/m1/s1. The monoisotopic (exact) mass is 402 g/mol. The summed E-state index contributed by atoms with van der Waals surface area (Å²) < 4.78 is 39.0. The van der Waals surface area contributed by atoms with Crippen LogP contribution in [0.5, 0.6) is 0 Å². The number of hydrogen-bond donors (Lipinski definition) is 0. The van der Waals surface area contributed by atoms with Crippen molar-refractivity contribution < 1.29 is 18.0 Å². The topological polar surface area (TPSA) is 23.6 Å². The zero-order valence-corrected chi connectivity index (χ0v) is 16.2. The van der Waals surface area contributed by atoms with E-state index in [0.29, 0.717) is 25.0 Å². The van der Waals surface area contributed by atoms with Crippen LogP contribution in [0.1, 0.15) is 40.7 Å². The molecule has 1 amide bonds. The summed E-state index contributed by atoms with van der Waals surface area (Å²) >= 11 is 0. The molecule has 2 aliphatic heterocycles. The summed E-state index contributed by atoms with van der Waals surface area (Å²) in [6, 6.07) is 15.6. The third kappa shape index (κ3) is 4.47. The average Bonchev–Trinajstić information content (AvgIpc) is 2.73. The van der Waals surface area contributed by atoms with Crippen LogP contribution in [-0.4, -0.2) is 41.4 Å². The van der Waals surface area contributed by atoms with E-state index in [0.717, 1.165) is 44.5 Å². The largest absolute Gasteiger partial charge is 0.416 e. The second-order valence-electron chi connectivity index (χ2n) is 8.04. The molecule has 2 atom stereocenters. The molecule has 0 saturated carbocycles. The molecular weight excluding hydrogens is 377 g/mol. The lowest BCUT2D eigenvalue weighted by Gasteiger charge is -2.47. The highest BCUT2D eigenvalue weighted by molar-refractivity contribution is 5.94. The number of nitrogens with zero attached hydrogens (tertiary/aromatic N) is 2. The molecule has 2 aliphatic rings. The molecule has 0 N–H and O–H groups in total. The highest BCUT2D eigenvalue weighted by atomic mass is 19.4. The van der Waals surface area contributed by atoms with Gasteiger partial charge in [-0.25, -0.2) is 0 Å². The molecule has 0 bridgehead atoms. The van der Waals surface area contributed by atoms with E-state index in [2.05, 4.69) is 17.0 Å². The summed E-state index contributed by atoms with van der Waals surface area (Å²) in [6.45, 7) is 3.16. The Labute approximate surface area is 169 Å². The van der Waals surface area contributed by atoms with Crippen LogP contribution >= 0.6 is 0 Å². The predicted molar refractivity (Wildman–Crippen MR) is 105 cm³/mol. The van der Waals surface area contributed by atoms with E-state index in [4.69, 9.17) is 0 Å². The molecular formula is C23H25F3N2O. The number of benzene rings is 2. The Morgan fingerprint density at radius 3 is 2.55 bits per heavy atom. The van der Waals surface area contributed by atoms with Gasteiger partial charge in [0.1, 0.15) is 0 Å². The van der Waals surface area contributed by atoms with Crippen LogP contribution in [0.25, 0.3) is 0 Å². The second kappa shape index (κ2) is 8.19. The Kier molecular flexibility index (Phi) is 5.63. The van der Waals surface area contributed by atoms with Crippen LogP contribution in [0.2, 0.25) is 0 Å². The van der Waals surface area contributed by atoms with Gasteiger partial charge in [-0.2, -0.15) is 13.2 Å². The van der Waals surface area contributed by atoms with Gasteiger partial charge >= 0.3 is 6.18 Å². The molecule has 29 heavy (non-hydrogen) atoms. The smallest absolute Gasteiger partial charge is 0.338 e. The maximum absolute atomic E-state index is 13.0. The van der Waals surface area contributed by atoms with Gasteiger partial charge in [0.05, 0.1) is 5.56 Å². The number of likely N-dealkylation sites (tertiary alicyclic amines) is 2. The van der Waals surface area contributed by atoms with Crippen molar-refractivity contribution in [1.82, 2.24) is 9.80 Å². The maximum Gasteiger partial charge on any atom is 0.416 e. The fourth-order valence-electron chi connectivity index (χ4n) is 4.72. The van der Waals surface area contributed by atoms with Crippen LogP contribution in [-0.2, 0) is 12.7 Å². The molecule has 0 radical (unpaired) electrons. The van der Waals surface area contributed by atoms with Crippen molar-refractivity contribution in [3.8, 4) is 0 Å². The predicted octanol–water partition coefficient (Wildman–Crippen LogP) is 4.83. The van der Waals surface area contributed by atoms with E-state index < -0.39 is 11.7 Å². The van der Waals surface area contributed by atoms with E-state index in [1.54, 1.807) is 4.90 Å². The molecule has 0 aliphatic carbocycles. The number of rotatable bonds is 3. The fraction of sp³-hybridized carbons (Fsp3) is 0.435. The van der Waals surface area contributed by atoms with Gasteiger partial charge in [-0.3, -0.25) is 9.69 Å². The van der Waals surface area contributed by atoms with Crippen molar-refractivity contribution in [1.29, 1.82) is 0 Å². The molecule has 0 spiro atoms. The number of fused-ring (bicyclic) bond motifs is 1. The minimum Gasteiger partial charge on any atom is -0.338 e.